The van der Waals surface area contributed by atoms with E-state index in [9.17, 15) is 4.79 Å². The van der Waals surface area contributed by atoms with Crippen LogP contribution in [0.1, 0.15) is 23.4 Å². The zero-order chi connectivity index (χ0) is 14.0. The summed E-state index contributed by atoms with van der Waals surface area (Å²) in [7, 11) is 4.08. The molecule has 1 heterocycles. The number of hydrogen-bond donors (Lipinski definition) is 0. The minimum absolute atomic E-state index is 0.0634. The van der Waals surface area contributed by atoms with E-state index in [4.69, 9.17) is 0 Å². The third-order valence-electron chi connectivity index (χ3n) is 3.40. The highest BCUT2D eigenvalue weighted by Crippen LogP contribution is 2.42. The van der Waals surface area contributed by atoms with E-state index in [0.717, 1.165) is 13.1 Å². The van der Waals surface area contributed by atoms with Gasteiger partial charge in [0.15, 0.2) is 0 Å². The van der Waals surface area contributed by atoms with Gasteiger partial charge in [-0.3, -0.25) is 4.79 Å². The summed E-state index contributed by atoms with van der Waals surface area (Å²) in [5.74, 6) is 0.262. The van der Waals surface area contributed by atoms with Crippen molar-refractivity contribution >= 4 is 17.7 Å². The Bertz CT molecular complexity index is 444. The van der Waals surface area contributed by atoms with E-state index in [-0.39, 0.29) is 16.5 Å². The standard InChI is InChI=1S/C15H22N2OS/c1-11-5-7-13(8-6-11)15-17(10-9-16(3)4)14(18)12(2)19-15/h5-8,12,15H,9-10H2,1-4H3. The Labute approximate surface area is 120 Å². The van der Waals surface area contributed by atoms with Gasteiger partial charge in [-0.05, 0) is 33.5 Å². The van der Waals surface area contributed by atoms with Crippen LogP contribution in [-0.4, -0.2) is 48.1 Å². The molecule has 0 bridgehead atoms. The van der Waals surface area contributed by atoms with Crippen molar-refractivity contribution in [1.82, 2.24) is 9.80 Å². The molecule has 1 saturated heterocycles. The van der Waals surface area contributed by atoms with Crippen LogP contribution < -0.4 is 0 Å². The average molecular weight is 278 g/mol. The maximum atomic E-state index is 12.3. The van der Waals surface area contributed by atoms with Gasteiger partial charge in [0.25, 0.3) is 0 Å². The third-order valence-corrected chi connectivity index (χ3v) is 4.79. The van der Waals surface area contributed by atoms with Gasteiger partial charge in [0.1, 0.15) is 5.37 Å². The minimum Gasteiger partial charge on any atom is -0.324 e. The first-order chi connectivity index (χ1) is 8.99. The van der Waals surface area contributed by atoms with Crippen molar-refractivity contribution in [3.8, 4) is 0 Å². The van der Waals surface area contributed by atoms with E-state index in [2.05, 4.69) is 36.1 Å². The van der Waals surface area contributed by atoms with E-state index in [1.165, 1.54) is 11.1 Å². The lowest BCUT2D eigenvalue weighted by molar-refractivity contribution is -0.129. The normalized spacial score (nSPS) is 23.4. The minimum atomic E-state index is 0.0634. The number of benzene rings is 1. The van der Waals surface area contributed by atoms with Crippen molar-refractivity contribution in [2.24, 2.45) is 0 Å². The van der Waals surface area contributed by atoms with Gasteiger partial charge in [-0.1, -0.05) is 29.8 Å². The molecule has 4 heteroatoms. The van der Waals surface area contributed by atoms with Crippen molar-refractivity contribution in [2.75, 3.05) is 27.2 Å². The number of likely N-dealkylation sites (N-methyl/N-ethyl adjacent to an activating group) is 1. The first kappa shape index (κ1) is 14.4. The van der Waals surface area contributed by atoms with E-state index < -0.39 is 0 Å². The second-order valence-corrected chi connectivity index (χ2v) is 6.80. The molecule has 1 aliphatic rings. The second kappa shape index (κ2) is 5.97. The third kappa shape index (κ3) is 3.31. The highest BCUT2D eigenvalue weighted by Gasteiger charge is 2.37. The number of nitrogens with zero attached hydrogens (tertiary/aromatic N) is 2. The predicted octanol–water partition coefficient (Wildman–Crippen LogP) is 2.52. The van der Waals surface area contributed by atoms with Crippen LogP contribution in [-0.2, 0) is 4.79 Å². The topological polar surface area (TPSA) is 23.6 Å². The summed E-state index contributed by atoms with van der Waals surface area (Å²) in [4.78, 5) is 16.4. The van der Waals surface area contributed by atoms with Crippen molar-refractivity contribution in [1.29, 1.82) is 0 Å². The van der Waals surface area contributed by atoms with Crippen LogP contribution in [0.15, 0.2) is 24.3 Å². The lowest BCUT2D eigenvalue weighted by Crippen LogP contribution is -2.36. The molecule has 1 aromatic rings. The zero-order valence-corrected chi connectivity index (χ0v) is 12.9. The van der Waals surface area contributed by atoms with Crippen molar-refractivity contribution in [3.63, 3.8) is 0 Å². The molecular weight excluding hydrogens is 256 g/mol. The van der Waals surface area contributed by atoms with Crippen molar-refractivity contribution < 1.29 is 4.79 Å². The van der Waals surface area contributed by atoms with Gasteiger partial charge in [-0.15, -0.1) is 11.8 Å². The smallest absolute Gasteiger partial charge is 0.236 e. The molecule has 19 heavy (non-hydrogen) atoms. The van der Waals surface area contributed by atoms with Crippen molar-refractivity contribution in [3.05, 3.63) is 35.4 Å². The molecule has 0 radical (unpaired) electrons. The number of hydrogen-bond acceptors (Lipinski definition) is 3. The molecular formula is C15H22N2OS. The monoisotopic (exact) mass is 278 g/mol. The van der Waals surface area contributed by atoms with Gasteiger partial charge >= 0.3 is 0 Å². The number of rotatable bonds is 4. The number of thioether (sulfide) groups is 1. The van der Waals surface area contributed by atoms with Gasteiger partial charge in [0.2, 0.25) is 5.91 Å². The molecule has 0 spiro atoms. The van der Waals surface area contributed by atoms with Crippen LogP contribution in [0.25, 0.3) is 0 Å². The summed E-state index contributed by atoms with van der Waals surface area (Å²) in [5.41, 5.74) is 2.48. The van der Waals surface area contributed by atoms with Crippen molar-refractivity contribution in [2.45, 2.75) is 24.5 Å². The molecule has 2 rings (SSSR count). The Morgan fingerprint density at radius 2 is 1.89 bits per heavy atom. The molecule has 0 aromatic heterocycles. The SMILES string of the molecule is Cc1ccc(C2SC(C)C(=O)N2CCN(C)C)cc1. The van der Waals surface area contributed by atoms with E-state index in [1.54, 1.807) is 11.8 Å². The largest absolute Gasteiger partial charge is 0.324 e. The number of amides is 1. The zero-order valence-electron chi connectivity index (χ0n) is 12.1. The molecule has 2 atom stereocenters. The Morgan fingerprint density at radius 1 is 1.26 bits per heavy atom. The Balaban J connectivity index is 2.17. The lowest BCUT2D eigenvalue weighted by atomic mass is 10.1. The number of carbonyl (C=O) groups is 1. The first-order valence-corrected chi connectivity index (χ1v) is 7.60. The summed E-state index contributed by atoms with van der Waals surface area (Å²) in [6, 6.07) is 8.52. The molecule has 0 saturated carbocycles. The van der Waals surface area contributed by atoms with Gasteiger partial charge in [-0.25, -0.2) is 0 Å². The fourth-order valence-corrected chi connectivity index (χ4v) is 3.51. The molecule has 1 amide bonds. The lowest BCUT2D eigenvalue weighted by Gasteiger charge is -2.25. The second-order valence-electron chi connectivity index (χ2n) is 5.38. The first-order valence-electron chi connectivity index (χ1n) is 6.66. The fraction of sp³-hybridized carbons (Fsp3) is 0.533. The Kier molecular flexibility index (Phi) is 4.53. The highest BCUT2D eigenvalue weighted by molar-refractivity contribution is 8.01. The molecule has 0 aliphatic carbocycles. The van der Waals surface area contributed by atoms with Crippen LogP contribution in [0.2, 0.25) is 0 Å². The summed E-state index contributed by atoms with van der Waals surface area (Å²) in [6.07, 6.45) is 0. The number of carbonyl (C=O) groups excluding carboxylic acids is 1. The molecule has 104 valence electrons. The summed E-state index contributed by atoms with van der Waals surface area (Å²) in [5, 5.41) is 0.233. The summed E-state index contributed by atoms with van der Waals surface area (Å²) < 4.78 is 0. The molecule has 1 fully saturated rings. The Morgan fingerprint density at radius 3 is 2.47 bits per heavy atom. The number of aryl methyl sites for hydroxylation is 1. The highest BCUT2D eigenvalue weighted by atomic mass is 32.2. The van der Waals surface area contributed by atoms with Gasteiger partial charge in [0, 0.05) is 13.1 Å². The van der Waals surface area contributed by atoms with E-state index in [0.29, 0.717) is 0 Å². The molecule has 1 aromatic carbocycles. The maximum absolute atomic E-state index is 12.3. The summed E-state index contributed by atoms with van der Waals surface area (Å²) in [6.45, 7) is 5.79. The van der Waals surface area contributed by atoms with Crippen LogP contribution in [0.5, 0.6) is 0 Å². The molecule has 0 N–H and O–H groups in total. The maximum Gasteiger partial charge on any atom is 0.236 e. The summed E-state index contributed by atoms with van der Waals surface area (Å²) >= 11 is 1.75. The predicted molar refractivity (Wildman–Crippen MR) is 81.2 cm³/mol. The van der Waals surface area contributed by atoms with Crippen LogP contribution in [0, 0.1) is 6.92 Å². The molecule has 2 unspecified atom stereocenters. The molecule has 1 aliphatic heterocycles. The van der Waals surface area contributed by atoms with Crippen LogP contribution >= 0.6 is 11.8 Å². The van der Waals surface area contributed by atoms with Gasteiger partial charge in [-0.2, -0.15) is 0 Å². The Hall–Kier alpha value is -1.00. The molecule has 3 nitrogen and oxygen atoms in total. The van der Waals surface area contributed by atoms with Crippen LogP contribution in [0.4, 0.5) is 0 Å². The quantitative estimate of drug-likeness (QED) is 0.845. The fourth-order valence-electron chi connectivity index (χ4n) is 2.20. The van der Waals surface area contributed by atoms with Gasteiger partial charge in [0.05, 0.1) is 5.25 Å². The average Bonchev–Trinajstić information content (AvgIpc) is 2.64. The van der Waals surface area contributed by atoms with Crippen LogP contribution in [0.3, 0.4) is 0 Å². The van der Waals surface area contributed by atoms with E-state index >= 15 is 0 Å². The van der Waals surface area contributed by atoms with E-state index in [1.807, 2.05) is 25.9 Å². The van der Waals surface area contributed by atoms with Gasteiger partial charge < -0.3 is 9.80 Å².